The smallest absolute Gasteiger partial charge is 0.266 e. The van der Waals surface area contributed by atoms with Crippen LogP contribution in [-0.4, -0.2) is 35.4 Å². The molecule has 0 saturated heterocycles. The Labute approximate surface area is 199 Å². The number of nitrogens with one attached hydrogen (secondary N) is 1. The Balaban J connectivity index is 1.67. The third-order valence-corrected chi connectivity index (χ3v) is 6.11. The Hall–Kier alpha value is -3.49. The van der Waals surface area contributed by atoms with Gasteiger partial charge in [0.1, 0.15) is 11.5 Å². The zero-order chi connectivity index (χ0) is 23.4. The number of ether oxygens (including phenoxy) is 2. The number of thioether (sulfide) groups is 1. The number of methoxy groups -OCH3 is 2. The Morgan fingerprint density at radius 3 is 2.58 bits per heavy atom. The first-order valence-corrected chi connectivity index (χ1v) is 11.3. The molecule has 0 atom stereocenters. The fraction of sp³-hybridized carbons (Fsp3) is 0.125. The molecule has 3 aromatic carbocycles. The highest BCUT2D eigenvalue weighted by Crippen LogP contribution is 2.30. The highest BCUT2D eigenvalue weighted by atomic mass is 35.5. The van der Waals surface area contributed by atoms with Crippen molar-refractivity contribution in [2.75, 3.05) is 25.3 Å². The van der Waals surface area contributed by atoms with Crippen molar-refractivity contribution in [3.63, 3.8) is 0 Å². The van der Waals surface area contributed by atoms with Crippen LogP contribution in [0.3, 0.4) is 0 Å². The standard InChI is InChI=1S/C24H20ClN3O4S/c1-31-15-11-12-21(32-2)19(13-15)26-22(29)14-33-24-27-18-9-5-3-7-16(18)23(30)28(24)20-10-6-4-8-17(20)25/h3-13H,14H2,1-2H3,(H,26,29). The molecule has 0 radical (unpaired) electrons. The van der Waals surface area contributed by atoms with E-state index in [0.29, 0.717) is 44.0 Å². The Morgan fingerprint density at radius 2 is 1.82 bits per heavy atom. The van der Waals surface area contributed by atoms with Crippen molar-refractivity contribution in [1.82, 2.24) is 9.55 Å². The molecule has 0 unspecified atom stereocenters. The van der Waals surface area contributed by atoms with Gasteiger partial charge in [0.05, 0.1) is 47.3 Å². The second-order valence-electron chi connectivity index (χ2n) is 6.91. The summed E-state index contributed by atoms with van der Waals surface area (Å²) < 4.78 is 12.0. The third kappa shape index (κ3) is 4.81. The highest BCUT2D eigenvalue weighted by Gasteiger charge is 2.17. The van der Waals surface area contributed by atoms with Gasteiger partial charge in [-0.3, -0.25) is 14.2 Å². The van der Waals surface area contributed by atoms with Gasteiger partial charge in [-0.05, 0) is 36.4 Å². The van der Waals surface area contributed by atoms with Crippen LogP contribution in [0.2, 0.25) is 5.02 Å². The van der Waals surface area contributed by atoms with Crippen molar-refractivity contribution in [2.24, 2.45) is 0 Å². The largest absolute Gasteiger partial charge is 0.497 e. The van der Waals surface area contributed by atoms with Crippen LogP contribution in [0, 0.1) is 0 Å². The van der Waals surface area contributed by atoms with Crippen LogP contribution in [-0.2, 0) is 4.79 Å². The number of carbonyl (C=O) groups is 1. The van der Waals surface area contributed by atoms with Crippen LogP contribution >= 0.6 is 23.4 Å². The summed E-state index contributed by atoms with van der Waals surface area (Å²) in [7, 11) is 3.07. The molecule has 33 heavy (non-hydrogen) atoms. The normalized spacial score (nSPS) is 10.8. The van der Waals surface area contributed by atoms with Crippen LogP contribution in [0.1, 0.15) is 0 Å². The second-order valence-corrected chi connectivity index (χ2v) is 8.26. The van der Waals surface area contributed by atoms with E-state index in [-0.39, 0.29) is 17.2 Å². The van der Waals surface area contributed by atoms with Gasteiger partial charge < -0.3 is 14.8 Å². The predicted molar refractivity (Wildman–Crippen MR) is 131 cm³/mol. The van der Waals surface area contributed by atoms with E-state index in [1.54, 1.807) is 67.8 Å². The van der Waals surface area contributed by atoms with Gasteiger partial charge in [0.25, 0.3) is 5.56 Å². The number of para-hydroxylation sites is 2. The number of anilines is 1. The maximum atomic E-state index is 13.3. The number of benzene rings is 3. The van der Waals surface area contributed by atoms with E-state index in [1.165, 1.54) is 11.7 Å². The van der Waals surface area contributed by atoms with Crippen molar-refractivity contribution in [1.29, 1.82) is 0 Å². The quantitative estimate of drug-likeness (QED) is 0.302. The van der Waals surface area contributed by atoms with Gasteiger partial charge in [-0.1, -0.05) is 47.6 Å². The minimum atomic E-state index is -0.292. The first kappa shape index (κ1) is 22.7. The van der Waals surface area contributed by atoms with Crippen molar-refractivity contribution >= 4 is 45.9 Å². The summed E-state index contributed by atoms with van der Waals surface area (Å²) in [4.78, 5) is 30.7. The molecule has 0 fully saturated rings. The fourth-order valence-corrected chi connectivity index (χ4v) is 4.31. The summed E-state index contributed by atoms with van der Waals surface area (Å²) in [6, 6.07) is 19.2. The molecule has 1 heterocycles. The molecule has 4 aromatic rings. The van der Waals surface area contributed by atoms with Crippen LogP contribution in [0.5, 0.6) is 11.5 Å². The highest BCUT2D eigenvalue weighted by molar-refractivity contribution is 7.99. The van der Waals surface area contributed by atoms with E-state index in [9.17, 15) is 9.59 Å². The van der Waals surface area contributed by atoms with Crippen LogP contribution in [0.4, 0.5) is 5.69 Å². The number of aromatic nitrogens is 2. The van der Waals surface area contributed by atoms with Crippen LogP contribution < -0.4 is 20.3 Å². The van der Waals surface area contributed by atoms with E-state index in [4.69, 9.17) is 21.1 Å². The Bertz CT molecular complexity index is 1390. The molecule has 0 aliphatic carbocycles. The summed E-state index contributed by atoms with van der Waals surface area (Å²) in [6.07, 6.45) is 0. The monoisotopic (exact) mass is 481 g/mol. The molecule has 0 saturated carbocycles. The zero-order valence-electron chi connectivity index (χ0n) is 17.9. The van der Waals surface area contributed by atoms with Gasteiger partial charge in [-0.15, -0.1) is 0 Å². The summed E-state index contributed by atoms with van der Waals surface area (Å²) in [6.45, 7) is 0. The fourth-order valence-electron chi connectivity index (χ4n) is 3.28. The molecular formula is C24H20ClN3O4S. The average Bonchev–Trinajstić information content (AvgIpc) is 2.83. The molecule has 0 spiro atoms. The minimum absolute atomic E-state index is 0.00952. The van der Waals surface area contributed by atoms with Gasteiger partial charge in [-0.2, -0.15) is 0 Å². The lowest BCUT2D eigenvalue weighted by atomic mass is 10.2. The van der Waals surface area contributed by atoms with Crippen LogP contribution in [0.15, 0.2) is 76.7 Å². The molecule has 0 aliphatic rings. The molecule has 168 valence electrons. The maximum Gasteiger partial charge on any atom is 0.266 e. The summed E-state index contributed by atoms with van der Waals surface area (Å²) >= 11 is 7.52. The maximum absolute atomic E-state index is 13.3. The van der Waals surface area contributed by atoms with Gasteiger partial charge in [0, 0.05) is 6.07 Å². The minimum Gasteiger partial charge on any atom is -0.497 e. The first-order chi connectivity index (χ1) is 16.0. The average molecular weight is 482 g/mol. The summed E-state index contributed by atoms with van der Waals surface area (Å²) in [5.41, 5.74) is 1.27. The SMILES string of the molecule is COc1ccc(OC)c(NC(=O)CSc2nc3ccccc3c(=O)n2-c2ccccc2Cl)c1. The Morgan fingerprint density at radius 1 is 1.06 bits per heavy atom. The van der Waals surface area contributed by atoms with Gasteiger partial charge >= 0.3 is 0 Å². The summed E-state index contributed by atoms with van der Waals surface area (Å²) in [5, 5.41) is 4.06. The molecule has 1 aromatic heterocycles. The number of fused-ring (bicyclic) bond motifs is 1. The van der Waals surface area contributed by atoms with Crippen LogP contribution in [0.25, 0.3) is 16.6 Å². The first-order valence-electron chi connectivity index (χ1n) is 9.93. The van der Waals surface area contributed by atoms with E-state index in [2.05, 4.69) is 10.3 Å². The molecule has 4 rings (SSSR count). The number of halogens is 1. The molecule has 0 bridgehead atoms. The van der Waals surface area contributed by atoms with Gasteiger partial charge in [0.2, 0.25) is 5.91 Å². The number of rotatable bonds is 7. The predicted octanol–water partition coefficient (Wildman–Crippen LogP) is 4.79. The van der Waals surface area contributed by atoms with E-state index in [1.807, 2.05) is 6.07 Å². The number of hydrogen-bond donors (Lipinski definition) is 1. The molecule has 1 N–H and O–H groups in total. The number of nitrogens with zero attached hydrogens (tertiary/aromatic N) is 2. The van der Waals surface area contributed by atoms with Crippen molar-refractivity contribution in [3.05, 3.63) is 82.1 Å². The van der Waals surface area contributed by atoms with E-state index < -0.39 is 0 Å². The van der Waals surface area contributed by atoms with Crippen molar-refractivity contribution in [2.45, 2.75) is 5.16 Å². The molecule has 7 nitrogen and oxygen atoms in total. The molecular weight excluding hydrogens is 462 g/mol. The summed E-state index contributed by atoms with van der Waals surface area (Å²) in [5.74, 6) is 0.809. The number of hydrogen-bond acceptors (Lipinski definition) is 6. The number of carbonyl (C=O) groups excluding carboxylic acids is 1. The zero-order valence-corrected chi connectivity index (χ0v) is 19.4. The molecule has 1 amide bonds. The lowest BCUT2D eigenvalue weighted by Gasteiger charge is -2.15. The molecule has 0 aliphatic heterocycles. The lowest BCUT2D eigenvalue weighted by Crippen LogP contribution is -2.23. The second kappa shape index (κ2) is 9.97. The van der Waals surface area contributed by atoms with Gasteiger partial charge in [-0.25, -0.2) is 4.98 Å². The number of amides is 1. The van der Waals surface area contributed by atoms with Gasteiger partial charge in [0.15, 0.2) is 5.16 Å². The van der Waals surface area contributed by atoms with Crippen molar-refractivity contribution in [3.8, 4) is 17.2 Å². The lowest BCUT2D eigenvalue weighted by molar-refractivity contribution is -0.113. The Kier molecular flexibility index (Phi) is 6.86. The topological polar surface area (TPSA) is 82.5 Å². The molecule has 9 heteroatoms. The van der Waals surface area contributed by atoms with Crippen molar-refractivity contribution < 1.29 is 14.3 Å². The van der Waals surface area contributed by atoms with E-state index >= 15 is 0 Å². The third-order valence-electron chi connectivity index (χ3n) is 4.85. The van der Waals surface area contributed by atoms with E-state index in [0.717, 1.165) is 11.8 Å².